The molecule has 2 aromatic rings. The summed E-state index contributed by atoms with van der Waals surface area (Å²) in [6.07, 6.45) is 0. The van der Waals surface area contributed by atoms with Crippen LogP contribution in [0.5, 0.6) is 0 Å². The zero-order valence-corrected chi connectivity index (χ0v) is 12.5. The first-order chi connectivity index (χ1) is 9.56. The van der Waals surface area contributed by atoms with E-state index >= 15 is 0 Å². The van der Waals surface area contributed by atoms with E-state index in [0.29, 0.717) is 6.04 Å². The molecule has 0 radical (unpaired) electrons. The molecule has 0 amide bonds. The third kappa shape index (κ3) is 3.81. The van der Waals surface area contributed by atoms with Gasteiger partial charge < -0.3 is 5.73 Å². The molecule has 3 nitrogen and oxygen atoms in total. The summed E-state index contributed by atoms with van der Waals surface area (Å²) in [4.78, 5) is 6.97. The second-order valence-electron chi connectivity index (χ2n) is 5.47. The van der Waals surface area contributed by atoms with Crippen molar-refractivity contribution in [3.05, 3.63) is 59.4 Å². The van der Waals surface area contributed by atoms with Crippen molar-refractivity contribution in [2.45, 2.75) is 39.9 Å². The van der Waals surface area contributed by atoms with Crippen molar-refractivity contribution >= 4 is 5.69 Å². The maximum atomic E-state index is 6.04. The molecular weight excluding hydrogens is 246 g/mol. The van der Waals surface area contributed by atoms with Crippen molar-refractivity contribution in [2.24, 2.45) is 0 Å². The van der Waals surface area contributed by atoms with E-state index < -0.39 is 0 Å². The van der Waals surface area contributed by atoms with Gasteiger partial charge in [0, 0.05) is 30.5 Å². The number of nitrogen functional groups attached to an aromatic ring is 1. The third-order valence-electron chi connectivity index (χ3n) is 3.47. The van der Waals surface area contributed by atoms with E-state index in [-0.39, 0.29) is 0 Å². The molecule has 1 aromatic heterocycles. The van der Waals surface area contributed by atoms with Crippen molar-refractivity contribution in [3.63, 3.8) is 0 Å². The minimum Gasteiger partial charge on any atom is -0.398 e. The predicted molar refractivity (Wildman–Crippen MR) is 84.2 cm³/mol. The Morgan fingerprint density at radius 3 is 2.45 bits per heavy atom. The Morgan fingerprint density at radius 2 is 1.80 bits per heavy atom. The molecule has 2 rings (SSSR count). The van der Waals surface area contributed by atoms with Gasteiger partial charge in [0.25, 0.3) is 0 Å². The molecule has 0 aliphatic rings. The van der Waals surface area contributed by atoms with Crippen LogP contribution in [-0.2, 0) is 13.1 Å². The molecule has 0 fully saturated rings. The van der Waals surface area contributed by atoms with Gasteiger partial charge in [-0.2, -0.15) is 0 Å². The van der Waals surface area contributed by atoms with Gasteiger partial charge in [-0.25, -0.2) is 0 Å². The van der Waals surface area contributed by atoms with Gasteiger partial charge in [0.15, 0.2) is 0 Å². The van der Waals surface area contributed by atoms with Crippen molar-refractivity contribution in [2.75, 3.05) is 5.73 Å². The van der Waals surface area contributed by atoms with Crippen molar-refractivity contribution in [1.29, 1.82) is 0 Å². The van der Waals surface area contributed by atoms with E-state index in [4.69, 9.17) is 5.73 Å². The van der Waals surface area contributed by atoms with Crippen molar-refractivity contribution < 1.29 is 0 Å². The maximum Gasteiger partial charge on any atom is 0.0547 e. The number of nitrogens with zero attached hydrogens (tertiary/aromatic N) is 2. The molecule has 0 unspecified atom stereocenters. The van der Waals surface area contributed by atoms with Crippen LogP contribution in [-0.4, -0.2) is 15.9 Å². The van der Waals surface area contributed by atoms with E-state index in [1.807, 2.05) is 31.2 Å². The summed E-state index contributed by atoms with van der Waals surface area (Å²) in [5.41, 5.74) is 10.2. The first-order valence-electron chi connectivity index (χ1n) is 7.06. The van der Waals surface area contributed by atoms with Crippen LogP contribution < -0.4 is 5.73 Å². The number of nitrogens with two attached hydrogens (primary N) is 1. The Kier molecular flexibility index (Phi) is 4.74. The smallest absolute Gasteiger partial charge is 0.0547 e. The van der Waals surface area contributed by atoms with E-state index in [1.54, 1.807) is 0 Å². The molecule has 0 atom stereocenters. The molecular formula is C17H23N3. The largest absolute Gasteiger partial charge is 0.398 e. The Balaban J connectivity index is 2.14. The summed E-state index contributed by atoms with van der Waals surface area (Å²) < 4.78 is 0. The van der Waals surface area contributed by atoms with Gasteiger partial charge in [-0.3, -0.25) is 9.88 Å². The number of pyridine rings is 1. The number of para-hydroxylation sites is 1. The molecule has 0 aliphatic heterocycles. The summed E-state index contributed by atoms with van der Waals surface area (Å²) in [7, 11) is 0. The summed E-state index contributed by atoms with van der Waals surface area (Å²) in [5.74, 6) is 0. The number of benzene rings is 1. The van der Waals surface area contributed by atoms with Gasteiger partial charge in [0.05, 0.1) is 5.69 Å². The lowest BCUT2D eigenvalue weighted by Gasteiger charge is -2.26. The average Bonchev–Trinajstić information content (AvgIpc) is 2.40. The number of rotatable bonds is 5. The maximum absolute atomic E-state index is 6.04. The van der Waals surface area contributed by atoms with Gasteiger partial charge >= 0.3 is 0 Å². The topological polar surface area (TPSA) is 42.1 Å². The SMILES string of the molecule is Cc1cccc(CN(Cc2ccccc2N)C(C)C)n1. The van der Waals surface area contributed by atoms with Crippen molar-refractivity contribution in [1.82, 2.24) is 9.88 Å². The van der Waals surface area contributed by atoms with E-state index in [9.17, 15) is 0 Å². The minimum atomic E-state index is 0.442. The molecule has 0 saturated heterocycles. The molecule has 0 saturated carbocycles. The number of hydrogen-bond acceptors (Lipinski definition) is 3. The molecule has 106 valence electrons. The van der Waals surface area contributed by atoms with E-state index in [2.05, 4.69) is 41.9 Å². The lowest BCUT2D eigenvalue weighted by atomic mass is 10.1. The number of anilines is 1. The highest BCUT2D eigenvalue weighted by Crippen LogP contribution is 2.17. The Labute approximate surface area is 121 Å². The number of aromatic nitrogens is 1. The first kappa shape index (κ1) is 14.5. The monoisotopic (exact) mass is 269 g/mol. The molecule has 3 heteroatoms. The van der Waals surface area contributed by atoms with Crippen LogP contribution in [0.2, 0.25) is 0 Å². The molecule has 2 N–H and O–H groups in total. The normalized spacial score (nSPS) is 11.2. The van der Waals surface area contributed by atoms with E-state index in [0.717, 1.165) is 30.2 Å². The van der Waals surface area contributed by atoms with Crippen LogP contribution in [0.1, 0.15) is 30.8 Å². The Bertz CT molecular complexity index is 564. The predicted octanol–water partition coefficient (Wildman–Crippen LogP) is 3.38. The highest BCUT2D eigenvalue weighted by Gasteiger charge is 2.13. The summed E-state index contributed by atoms with van der Waals surface area (Å²) in [6.45, 7) is 8.12. The first-order valence-corrected chi connectivity index (χ1v) is 7.06. The Hall–Kier alpha value is -1.87. The molecule has 0 aliphatic carbocycles. The van der Waals surface area contributed by atoms with Gasteiger partial charge in [0.2, 0.25) is 0 Å². The van der Waals surface area contributed by atoms with Crippen LogP contribution in [0.25, 0.3) is 0 Å². The summed E-state index contributed by atoms with van der Waals surface area (Å²) >= 11 is 0. The second kappa shape index (κ2) is 6.53. The highest BCUT2D eigenvalue weighted by atomic mass is 15.2. The van der Waals surface area contributed by atoms with Crippen LogP contribution in [0.3, 0.4) is 0 Å². The molecule has 0 spiro atoms. The van der Waals surface area contributed by atoms with Crippen LogP contribution >= 0.6 is 0 Å². The fraction of sp³-hybridized carbons (Fsp3) is 0.353. The van der Waals surface area contributed by atoms with E-state index in [1.165, 1.54) is 5.56 Å². The van der Waals surface area contributed by atoms with Crippen molar-refractivity contribution in [3.8, 4) is 0 Å². The van der Waals surface area contributed by atoms with Gasteiger partial charge in [-0.15, -0.1) is 0 Å². The fourth-order valence-corrected chi connectivity index (χ4v) is 2.21. The quantitative estimate of drug-likeness (QED) is 0.846. The molecule has 0 bridgehead atoms. The van der Waals surface area contributed by atoms with Gasteiger partial charge in [-0.1, -0.05) is 24.3 Å². The fourth-order valence-electron chi connectivity index (χ4n) is 2.21. The molecule has 1 aromatic carbocycles. The minimum absolute atomic E-state index is 0.442. The summed E-state index contributed by atoms with van der Waals surface area (Å²) in [5, 5.41) is 0. The lowest BCUT2D eigenvalue weighted by molar-refractivity contribution is 0.201. The molecule has 20 heavy (non-hydrogen) atoms. The number of hydrogen-bond donors (Lipinski definition) is 1. The lowest BCUT2D eigenvalue weighted by Crippen LogP contribution is -2.30. The summed E-state index contributed by atoms with van der Waals surface area (Å²) in [6, 6.07) is 14.7. The van der Waals surface area contributed by atoms with Gasteiger partial charge in [0.1, 0.15) is 0 Å². The Morgan fingerprint density at radius 1 is 1.05 bits per heavy atom. The molecule has 1 heterocycles. The average molecular weight is 269 g/mol. The van der Waals surface area contributed by atoms with Crippen LogP contribution in [0, 0.1) is 6.92 Å². The zero-order chi connectivity index (χ0) is 14.5. The zero-order valence-electron chi connectivity index (χ0n) is 12.5. The van der Waals surface area contributed by atoms with Crippen LogP contribution in [0.15, 0.2) is 42.5 Å². The number of aryl methyl sites for hydroxylation is 1. The second-order valence-corrected chi connectivity index (χ2v) is 5.47. The highest BCUT2D eigenvalue weighted by molar-refractivity contribution is 5.46. The standard InChI is InChI=1S/C17H23N3/c1-13(2)20(11-15-8-4-5-10-17(15)18)12-16-9-6-7-14(3)19-16/h4-10,13H,11-12,18H2,1-3H3. The third-order valence-corrected chi connectivity index (χ3v) is 3.47. The van der Waals surface area contributed by atoms with Crippen LogP contribution in [0.4, 0.5) is 5.69 Å². The van der Waals surface area contributed by atoms with Gasteiger partial charge in [-0.05, 0) is 44.5 Å².